The maximum absolute atomic E-state index is 11.1. The average molecular weight is 289 g/mol. The second kappa shape index (κ2) is 6.02. The summed E-state index contributed by atoms with van der Waals surface area (Å²) in [4.78, 5) is 13.3. The topological polar surface area (TPSA) is 58.4 Å². The highest BCUT2D eigenvalue weighted by atomic mass is 16.6. The van der Waals surface area contributed by atoms with E-state index >= 15 is 0 Å². The lowest BCUT2D eigenvalue weighted by atomic mass is 9.98. The van der Waals surface area contributed by atoms with E-state index in [1.165, 1.54) is 25.7 Å². The average Bonchev–Trinajstić information content (AvgIpc) is 3.31. The first kappa shape index (κ1) is 14.3. The second-order valence-electron chi connectivity index (χ2n) is 6.32. The second-order valence-corrected chi connectivity index (χ2v) is 6.32. The lowest BCUT2D eigenvalue weighted by molar-refractivity contribution is -0.385. The van der Waals surface area contributed by atoms with Crippen molar-refractivity contribution in [3.05, 3.63) is 33.9 Å². The predicted molar refractivity (Wildman–Crippen MR) is 83.8 cm³/mol. The van der Waals surface area contributed by atoms with Crippen LogP contribution in [0, 0.1) is 23.0 Å². The van der Waals surface area contributed by atoms with E-state index in [1.807, 2.05) is 12.1 Å². The van der Waals surface area contributed by atoms with E-state index < -0.39 is 0 Å². The van der Waals surface area contributed by atoms with Crippen LogP contribution >= 0.6 is 0 Å². The fourth-order valence-electron chi connectivity index (χ4n) is 3.18. The van der Waals surface area contributed by atoms with Crippen LogP contribution < -0.4 is 10.2 Å². The zero-order valence-electron chi connectivity index (χ0n) is 12.5. The van der Waals surface area contributed by atoms with Gasteiger partial charge >= 0.3 is 0 Å². The van der Waals surface area contributed by atoms with Crippen molar-refractivity contribution in [2.75, 3.05) is 24.5 Å². The molecule has 1 saturated heterocycles. The maximum Gasteiger partial charge on any atom is 0.274 e. The van der Waals surface area contributed by atoms with Crippen molar-refractivity contribution in [2.45, 2.75) is 38.6 Å². The Morgan fingerprint density at radius 2 is 2.19 bits per heavy atom. The molecule has 1 aliphatic heterocycles. The summed E-state index contributed by atoms with van der Waals surface area (Å²) in [7, 11) is 0. The van der Waals surface area contributed by atoms with Crippen LogP contribution in [0.25, 0.3) is 0 Å². The van der Waals surface area contributed by atoms with Gasteiger partial charge in [-0.3, -0.25) is 10.1 Å². The highest BCUT2D eigenvalue weighted by Crippen LogP contribution is 2.35. The number of nitro groups is 1. The van der Waals surface area contributed by atoms with Gasteiger partial charge in [0.2, 0.25) is 0 Å². The number of rotatable bonds is 5. The van der Waals surface area contributed by atoms with Crippen molar-refractivity contribution in [2.24, 2.45) is 5.92 Å². The van der Waals surface area contributed by atoms with Crippen LogP contribution in [-0.4, -0.2) is 30.6 Å². The number of benzene rings is 1. The molecule has 21 heavy (non-hydrogen) atoms. The Kier molecular flexibility index (Phi) is 4.10. The first-order valence-electron chi connectivity index (χ1n) is 7.87. The number of nitro benzene ring substituents is 1. The molecule has 2 aliphatic rings. The van der Waals surface area contributed by atoms with Gasteiger partial charge in [0.25, 0.3) is 5.69 Å². The van der Waals surface area contributed by atoms with Crippen LogP contribution in [0.1, 0.15) is 31.2 Å². The molecule has 1 aromatic carbocycles. The largest absolute Gasteiger partial charge is 0.368 e. The fraction of sp³-hybridized carbons (Fsp3) is 0.625. The molecule has 1 atom stereocenters. The van der Waals surface area contributed by atoms with Crippen molar-refractivity contribution in [3.8, 4) is 0 Å². The highest BCUT2D eigenvalue weighted by molar-refractivity contribution is 5.57. The number of aryl methyl sites for hydroxylation is 1. The van der Waals surface area contributed by atoms with E-state index in [0.29, 0.717) is 12.0 Å². The minimum atomic E-state index is -0.272. The molecule has 0 amide bonds. The zero-order valence-corrected chi connectivity index (χ0v) is 12.5. The molecule has 1 saturated carbocycles. The van der Waals surface area contributed by atoms with Gasteiger partial charge in [0, 0.05) is 29.9 Å². The predicted octanol–water partition coefficient (Wildman–Crippen LogP) is 2.87. The van der Waals surface area contributed by atoms with E-state index in [0.717, 1.165) is 30.9 Å². The van der Waals surface area contributed by atoms with E-state index in [4.69, 9.17) is 0 Å². The molecule has 0 spiro atoms. The number of nitrogens with one attached hydrogen (secondary N) is 1. The third-order valence-electron chi connectivity index (χ3n) is 4.56. The lowest BCUT2D eigenvalue weighted by Gasteiger charge is -2.32. The van der Waals surface area contributed by atoms with Crippen LogP contribution in [0.4, 0.5) is 11.4 Å². The van der Waals surface area contributed by atoms with E-state index in [9.17, 15) is 10.1 Å². The smallest absolute Gasteiger partial charge is 0.274 e. The highest BCUT2D eigenvalue weighted by Gasteiger charge is 2.32. The number of hydrogen-bond acceptors (Lipinski definition) is 4. The molecule has 1 aliphatic carbocycles. The molecular formula is C16H23N3O2. The molecule has 5 nitrogen and oxygen atoms in total. The molecule has 3 rings (SSSR count). The normalized spacial score (nSPS) is 22.0. The summed E-state index contributed by atoms with van der Waals surface area (Å²) in [5.74, 6) is 0.653. The summed E-state index contributed by atoms with van der Waals surface area (Å²) in [6.45, 7) is 5.00. The van der Waals surface area contributed by atoms with Crippen LogP contribution in [0.3, 0.4) is 0 Å². The Bertz CT molecular complexity index is 522. The van der Waals surface area contributed by atoms with Crippen molar-refractivity contribution in [3.63, 3.8) is 0 Å². The lowest BCUT2D eigenvalue weighted by Crippen LogP contribution is -2.39. The Morgan fingerprint density at radius 3 is 2.81 bits per heavy atom. The first-order valence-corrected chi connectivity index (χ1v) is 7.87. The molecule has 1 N–H and O–H groups in total. The number of anilines is 1. The maximum atomic E-state index is 11.1. The Hall–Kier alpha value is -1.62. The molecule has 0 radical (unpaired) electrons. The molecule has 1 heterocycles. The third kappa shape index (κ3) is 3.35. The Morgan fingerprint density at radius 1 is 1.38 bits per heavy atom. The first-order chi connectivity index (χ1) is 10.1. The van der Waals surface area contributed by atoms with Crippen LogP contribution in [0.2, 0.25) is 0 Å². The van der Waals surface area contributed by atoms with Gasteiger partial charge in [-0.25, -0.2) is 0 Å². The molecule has 1 unspecified atom stereocenters. The van der Waals surface area contributed by atoms with Gasteiger partial charge in [-0.05, 0) is 57.7 Å². The Balaban J connectivity index is 1.80. The summed E-state index contributed by atoms with van der Waals surface area (Å²) in [5, 5.41) is 14.6. The summed E-state index contributed by atoms with van der Waals surface area (Å²) < 4.78 is 0. The summed E-state index contributed by atoms with van der Waals surface area (Å²) in [6, 6.07) is 6.25. The van der Waals surface area contributed by atoms with Crippen molar-refractivity contribution >= 4 is 11.4 Å². The summed E-state index contributed by atoms with van der Waals surface area (Å²) in [6.07, 6.45) is 4.91. The van der Waals surface area contributed by atoms with Gasteiger partial charge in [-0.15, -0.1) is 0 Å². The summed E-state index contributed by atoms with van der Waals surface area (Å²) >= 11 is 0. The number of hydrogen-bond donors (Lipinski definition) is 1. The van der Waals surface area contributed by atoms with Gasteiger partial charge in [-0.2, -0.15) is 0 Å². The zero-order chi connectivity index (χ0) is 14.8. The molecule has 0 aromatic heterocycles. The van der Waals surface area contributed by atoms with Crippen molar-refractivity contribution in [1.82, 2.24) is 5.32 Å². The van der Waals surface area contributed by atoms with Gasteiger partial charge < -0.3 is 10.2 Å². The van der Waals surface area contributed by atoms with Crippen molar-refractivity contribution < 1.29 is 4.92 Å². The SMILES string of the molecule is Cc1ccc(N(CC2CCCNC2)C2CC2)cc1[N+](=O)[O-]. The monoisotopic (exact) mass is 289 g/mol. The van der Waals surface area contributed by atoms with Gasteiger partial charge in [0.05, 0.1) is 4.92 Å². The molecule has 114 valence electrons. The van der Waals surface area contributed by atoms with Gasteiger partial charge in [0.15, 0.2) is 0 Å². The van der Waals surface area contributed by atoms with Crippen LogP contribution in [0.5, 0.6) is 0 Å². The standard InChI is InChI=1S/C16H23N3O2/c1-12-4-5-15(9-16(12)19(20)21)18(14-6-7-14)11-13-3-2-8-17-10-13/h4-5,9,13-14,17H,2-3,6-8,10-11H2,1H3. The fourth-order valence-corrected chi connectivity index (χ4v) is 3.18. The Labute approximate surface area is 125 Å². The number of piperidine rings is 1. The van der Waals surface area contributed by atoms with E-state index in [2.05, 4.69) is 10.2 Å². The van der Waals surface area contributed by atoms with E-state index in [-0.39, 0.29) is 10.6 Å². The molecule has 2 fully saturated rings. The van der Waals surface area contributed by atoms with E-state index in [1.54, 1.807) is 13.0 Å². The molecule has 1 aromatic rings. The van der Waals surface area contributed by atoms with Crippen LogP contribution in [-0.2, 0) is 0 Å². The summed E-state index contributed by atoms with van der Waals surface area (Å²) in [5.41, 5.74) is 1.99. The number of nitrogens with zero attached hydrogens (tertiary/aromatic N) is 2. The van der Waals surface area contributed by atoms with Gasteiger partial charge in [-0.1, -0.05) is 6.07 Å². The van der Waals surface area contributed by atoms with Gasteiger partial charge in [0.1, 0.15) is 0 Å². The third-order valence-corrected chi connectivity index (χ3v) is 4.56. The molecule has 5 heteroatoms. The quantitative estimate of drug-likeness (QED) is 0.669. The molecular weight excluding hydrogens is 266 g/mol. The minimum absolute atomic E-state index is 0.236. The van der Waals surface area contributed by atoms with Crippen molar-refractivity contribution in [1.29, 1.82) is 0 Å². The minimum Gasteiger partial charge on any atom is -0.368 e. The van der Waals surface area contributed by atoms with Crippen LogP contribution in [0.15, 0.2) is 18.2 Å². The molecule has 0 bridgehead atoms.